The van der Waals surface area contributed by atoms with Crippen LogP contribution < -0.4 is 10.1 Å². The van der Waals surface area contributed by atoms with Crippen LogP contribution in [-0.2, 0) is 28.9 Å². The van der Waals surface area contributed by atoms with Gasteiger partial charge < -0.3 is 14.8 Å². The molecule has 30 heavy (non-hydrogen) atoms. The molecule has 156 valence electrons. The van der Waals surface area contributed by atoms with Gasteiger partial charge in [-0.25, -0.2) is 4.98 Å². The lowest BCUT2D eigenvalue weighted by Gasteiger charge is -2.22. The number of pyridine rings is 1. The normalized spacial score (nSPS) is 15.4. The van der Waals surface area contributed by atoms with Gasteiger partial charge in [-0.1, -0.05) is 30.3 Å². The molecule has 1 aliphatic heterocycles. The Morgan fingerprint density at radius 3 is 2.97 bits per heavy atom. The number of hydrogen-bond donors (Lipinski definition) is 1. The second-order valence-electron chi connectivity index (χ2n) is 7.34. The van der Waals surface area contributed by atoms with Crippen molar-refractivity contribution in [3.63, 3.8) is 0 Å². The van der Waals surface area contributed by atoms with Gasteiger partial charge in [0.1, 0.15) is 6.10 Å². The topological polar surface area (TPSA) is 78.3 Å². The van der Waals surface area contributed by atoms with Crippen LogP contribution in [0.2, 0.25) is 0 Å². The fourth-order valence-electron chi connectivity index (χ4n) is 3.61. The Bertz CT molecular complexity index is 987. The predicted octanol–water partition coefficient (Wildman–Crippen LogP) is 2.70. The molecule has 4 rings (SSSR count). The van der Waals surface area contributed by atoms with Crippen LogP contribution in [0.25, 0.3) is 0 Å². The number of benzene rings is 1. The SMILES string of the molecule is COc1cc(CCC(=O)NCC2OCCc3cn(Cc4ccccc4)nc32)ccn1. The minimum Gasteiger partial charge on any atom is -0.481 e. The Hall–Kier alpha value is -3.19. The van der Waals surface area contributed by atoms with Crippen molar-refractivity contribution in [2.45, 2.75) is 31.9 Å². The highest BCUT2D eigenvalue weighted by Crippen LogP contribution is 2.25. The molecule has 1 aromatic carbocycles. The molecule has 7 heteroatoms. The summed E-state index contributed by atoms with van der Waals surface area (Å²) >= 11 is 0. The van der Waals surface area contributed by atoms with Crippen molar-refractivity contribution >= 4 is 5.91 Å². The first kappa shape index (κ1) is 20.1. The van der Waals surface area contributed by atoms with E-state index in [0.29, 0.717) is 31.9 Å². The molecular formula is C23H26N4O3. The number of amides is 1. The molecule has 7 nitrogen and oxygen atoms in total. The number of carbonyl (C=O) groups is 1. The third-order valence-electron chi connectivity index (χ3n) is 5.19. The molecule has 1 unspecified atom stereocenters. The maximum atomic E-state index is 12.3. The number of rotatable bonds is 8. The monoisotopic (exact) mass is 406 g/mol. The highest BCUT2D eigenvalue weighted by Gasteiger charge is 2.25. The zero-order chi connectivity index (χ0) is 20.8. The molecule has 2 aromatic heterocycles. The van der Waals surface area contributed by atoms with E-state index in [9.17, 15) is 4.79 Å². The summed E-state index contributed by atoms with van der Waals surface area (Å²) in [6.07, 6.45) is 5.45. The zero-order valence-electron chi connectivity index (χ0n) is 17.1. The van der Waals surface area contributed by atoms with E-state index in [2.05, 4.69) is 28.6 Å². The first-order chi connectivity index (χ1) is 14.7. The van der Waals surface area contributed by atoms with Crippen molar-refractivity contribution in [3.8, 4) is 5.88 Å². The fraction of sp³-hybridized carbons (Fsp3) is 0.348. The third-order valence-corrected chi connectivity index (χ3v) is 5.19. The summed E-state index contributed by atoms with van der Waals surface area (Å²) in [6.45, 7) is 1.79. The molecule has 1 atom stereocenters. The molecule has 1 amide bonds. The van der Waals surface area contributed by atoms with Crippen molar-refractivity contribution in [1.29, 1.82) is 0 Å². The predicted molar refractivity (Wildman–Crippen MR) is 112 cm³/mol. The van der Waals surface area contributed by atoms with Crippen molar-refractivity contribution in [2.75, 3.05) is 20.3 Å². The summed E-state index contributed by atoms with van der Waals surface area (Å²) in [5.74, 6) is 0.548. The Morgan fingerprint density at radius 2 is 2.13 bits per heavy atom. The minimum absolute atomic E-state index is 0.00905. The largest absolute Gasteiger partial charge is 0.481 e. The molecule has 0 aliphatic carbocycles. The molecule has 0 spiro atoms. The van der Waals surface area contributed by atoms with E-state index in [1.165, 1.54) is 11.1 Å². The number of carbonyl (C=O) groups excluding carboxylic acids is 1. The second kappa shape index (κ2) is 9.54. The van der Waals surface area contributed by atoms with Crippen molar-refractivity contribution in [1.82, 2.24) is 20.1 Å². The first-order valence-corrected chi connectivity index (χ1v) is 10.2. The molecule has 0 fully saturated rings. The Morgan fingerprint density at radius 1 is 1.27 bits per heavy atom. The van der Waals surface area contributed by atoms with E-state index in [1.807, 2.05) is 35.0 Å². The van der Waals surface area contributed by atoms with Crippen LogP contribution in [0.1, 0.15) is 34.9 Å². The van der Waals surface area contributed by atoms with Gasteiger partial charge in [-0.2, -0.15) is 5.10 Å². The van der Waals surface area contributed by atoms with E-state index in [1.54, 1.807) is 13.3 Å². The summed E-state index contributed by atoms with van der Waals surface area (Å²) in [5.41, 5.74) is 4.35. The van der Waals surface area contributed by atoms with Gasteiger partial charge in [-0.3, -0.25) is 9.48 Å². The summed E-state index contributed by atoms with van der Waals surface area (Å²) in [7, 11) is 1.58. The number of aryl methyl sites for hydroxylation is 1. The minimum atomic E-state index is -0.212. The van der Waals surface area contributed by atoms with Crippen LogP contribution in [0.3, 0.4) is 0 Å². The van der Waals surface area contributed by atoms with Gasteiger partial charge in [0.15, 0.2) is 0 Å². The lowest BCUT2D eigenvalue weighted by atomic mass is 10.1. The number of methoxy groups -OCH3 is 1. The Kier molecular flexibility index (Phi) is 6.39. The summed E-state index contributed by atoms with van der Waals surface area (Å²) < 4.78 is 13.0. The maximum absolute atomic E-state index is 12.3. The van der Waals surface area contributed by atoms with Crippen LogP contribution >= 0.6 is 0 Å². The molecule has 0 saturated carbocycles. The Balaban J connectivity index is 1.31. The molecule has 1 aliphatic rings. The zero-order valence-corrected chi connectivity index (χ0v) is 17.1. The van der Waals surface area contributed by atoms with Crippen LogP contribution in [0.5, 0.6) is 5.88 Å². The van der Waals surface area contributed by atoms with E-state index in [-0.39, 0.29) is 12.0 Å². The fourth-order valence-corrected chi connectivity index (χ4v) is 3.61. The number of fused-ring (bicyclic) bond motifs is 1. The highest BCUT2D eigenvalue weighted by atomic mass is 16.5. The summed E-state index contributed by atoms with van der Waals surface area (Å²) in [5, 5.41) is 7.73. The Labute approximate surface area is 176 Å². The van der Waals surface area contributed by atoms with Gasteiger partial charge in [0.2, 0.25) is 11.8 Å². The standard InChI is InChI=1S/C23H26N4O3/c1-29-22-13-17(9-11-24-22)7-8-21(28)25-14-20-23-19(10-12-30-20)16-27(26-23)15-18-5-3-2-4-6-18/h2-6,9,11,13,16,20H,7-8,10,12,14-15H2,1H3,(H,25,28). The second-order valence-corrected chi connectivity index (χ2v) is 7.34. The molecule has 3 aromatic rings. The van der Waals surface area contributed by atoms with Gasteiger partial charge in [-0.05, 0) is 35.6 Å². The van der Waals surface area contributed by atoms with E-state index in [4.69, 9.17) is 14.6 Å². The lowest BCUT2D eigenvalue weighted by Crippen LogP contribution is -2.32. The maximum Gasteiger partial charge on any atom is 0.220 e. The van der Waals surface area contributed by atoms with Crippen LogP contribution in [0.4, 0.5) is 0 Å². The van der Waals surface area contributed by atoms with Crippen LogP contribution in [0, 0.1) is 0 Å². The number of nitrogens with one attached hydrogen (secondary N) is 1. The van der Waals surface area contributed by atoms with Crippen LogP contribution in [0.15, 0.2) is 54.9 Å². The quantitative estimate of drug-likeness (QED) is 0.622. The van der Waals surface area contributed by atoms with Gasteiger partial charge in [0.25, 0.3) is 0 Å². The summed E-state index contributed by atoms with van der Waals surface area (Å²) in [6, 6.07) is 14.0. The van der Waals surface area contributed by atoms with Gasteiger partial charge in [-0.15, -0.1) is 0 Å². The highest BCUT2D eigenvalue weighted by molar-refractivity contribution is 5.76. The van der Waals surface area contributed by atoms with Crippen LogP contribution in [-0.4, -0.2) is 40.9 Å². The van der Waals surface area contributed by atoms with Gasteiger partial charge in [0, 0.05) is 31.4 Å². The number of nitrogens with zero attached hydrogens (tertiary/aromatic N) is 3. The third kappa shape index (κ3) is 5.04. The van der Waals surface area contributed by atoms with Crippen molar-refractivity contribution in [2.24, 2.45) is 0 Å². The number of aromatic nitrogens is 3. The van der Waals surface area contributed by atoms with E-state index >= 15 is 0 Å². The lowest BCUT2D eigenvalue weighted by molar-refractivity contribution is -0.121. The molecule has 1 N–H and O–H groups in total. The van der Waals surface area contributed by atoms with Gasteiger partial charge in [0.05, 0.1) is 26.0 Å². The first-order valence-electron chi connectivity index (χ1n) is 10.2. The van der Waals surface area contributed by atoms with Gasteiger partial charge >= 0.3 is 0 Å². The van der Waals surface area contributed by atoms with E-state index < -0.39 is 0 Å². The number of ether oxygens (including phenoxy) is 2. The molecule has 0 saturated heterocycles. The number of hydrogen-bond acceptors (Lipinski definition) is 5. The average molecular weight is 406 g/mol. The molecule has 0 radical (unpaired) electrons. The summed E-state index contributed by atoms with van der Waals surface area (Å²) in [4.78, 5) is 16.4. The van der Waals surface area contributed by atoms with Crippen molar-refractivity contribution in [3.05, 3.63) is 77.2 Å². The van der Waals surface area contributed by atoms with Crippen molar-refractivity contribution < 1.29 is 14.3 Å². The average Bonchev–Trinajstić information content (AvgIpc) is 3.20. The molecule has 3 heterocycles. The van der Waals surface area contributed by atoms with E-state index in [0.717, 1.165) is 24.2 Å². The molecule has 0 bridgehead atoms. The smallest absolute Gasteiger partial charge is 0.220 e. The molecular weight excluding hydrogens is 380 g/mol.